The molecule has 1 aromatic rings. The average molecular weight is 252 g/mol. The van der Waals surface area contributed by atoms with Gasteiger partial charge in [-0.1, -0.05) is 0 Å². The fourth-order valence-electron chi connectivity index (χ4n) is 1.06. The molecule has 0 aliphatic rings. The molecular weight excluding hydrogens is 242 g/mol. The van der Waals surface area contributed by atoms with Crippen molar-refractivity contribution in [3.8, 4) is 0 Å². The van der Waals surface area contributed by atoms with Gasteiger partial charge in [-0.05, 0) is 24.4 Å². The van der Waals surface area contributed by atoms with Crippen LogP contribution < -0.4 is 11.1 Å². The molecule has 0 saturated carbocycles. The van der Waals surface area contributed by atoms with E-state index >= 15 is 0 Å². The van der Waals surface area contributed by atoms with Crippen molar-refractivity contribution in [1.29, 1.82) is 5.41 Å². The standard InChI is InChI=1S/C11H10F2N4O/c12-8-4-7(5-9(13)6-8)10(18)17-11(15)16-3-1-2-14/h1-6H,14H2,(H2,15,17,18). The number of nitrogens with one attached hydrogen (secondary N) is 2. The molecule has 1 rings (SSSR count). The third kappa shape index (κ3) is 4.12. The smallest absolute Gasteiger partial charge is 0.258 e. The van der Waals surface area contributed by atoms with Crippen LogP contribution in [-0.2, 0) is 0 Å². The monoisotopic (exact) mass is 252 g/mol. The van der Waals surface area contributed by atoms with Gasteiger partial charge >= 0.3 is 0 Å². The third-order valence-electron chi connectivity index (χ3n) is 1.76. The molecule has 7 heteroatoms. The Morgan fingerprint density at radius 3 is 2.50 bits per heavy atom. The molecule has 0 heterocycles. The number of allylic oxidation sites excluding steroid dienone is 1. The van der Waals surface area contributed by atoms with Crippen molar-refractivity contribution in [2.45, 2.75) is 0 Å². The Morgan fingerprint density at radius 2 is 1.94 bits per heavy atom. The first-order chi connectivity index (χ1) is 8.52. The molecule has 1 amide bonds. The second-order valence-electron chi connectivity index (χ2n) is 3.12. The molecule has 0 aliphatic heterocycles. The molecule has 0 fully saturated rings. The van der Waals surface area contributed by atoms with Crippen molar-refractivity contribution in [2.24, 2.45) is 10.7 Å². The van der Waals surface area contributed by atoms with Gasteiger partial charge in [-0.25, -0.2) is 13.8 Å². The first-order valence-electron chi connectivity index (χ1n) is 4.80. The topological polar surface area (TPSA) is 91.3 Å². The summed E-state index contributed by atoms with van der Waals surface area (Å²) in [5.41, 5.74) is 4.79. The van der Waals surface area contributed by atoms with Gasteiger partial charge in [-0.3, -0.25) is 15.5 Å². The van der Waals surface area contributed by atoms with E-state index in [1.165, 1.54) is 18.5 Å². The molecule has 0 spiro atoms. The maximum absolute atomic E-state index is 12.8. The summed E-state index contributed by atoms with van der Waals surface area (Å²) in [5, 5.41) is 9.31. The number of benzene rings is 1. The van der Waals surface area contributed by atoms with Gasteiger partial charge < -0.3 is 5.73 Å². The Labute approximate surface area is 102 Å². The van der Waals surface area contributed by atoms with E-state index in [-0.39, 0.29) is 5.56 Å². The van der Waals surface area contributed by atoms with E-state index in [0.29, 0.717) is 6.07 Å². The Bertz CT molecular complexity index is 506. The number of carbonyl (C=O) groups is 1. The van der Waals surface area contributed by atoms with E-state index in [0.717, 1.165) is 12.1 Å². The van der Waals surface area contributed by atoms with Crippen LogP contribution in [0.1, 0.15) is 10.4 Å². The highest BCUT2D eigenvalue weighted by Crippen LogP contribution is 2.07. The number of carbonyl (C=O) groups excluding carboxylic acids is 1. The number of amides is 1. The van der Waals surface area contributed by atoms with Crippen LogP contribution >= 0.6 is 0 Å². The number of halogens is 2. The minimum absolute atomic E-state index is 0.234. The average Bonchev–Trinajstić information content (AvgIpc) is 2.28. The van der Waals surface area contributed by atoms with Crippen LogP contribution in [0.15, 0.2) is 35.5 Å². The first kappa shape index (κ1) is 13.5. The first-order valence-corrected chi connectivity index (χ1v) is 4.80. The van der Waals surface area contributed by atoms with Crippen molar-refractivity contribution in [3.63, 3.8) is 0 Å². The molecule has 0 unspecified atom stereocenters. The molecule has 18 heavy (non-hydrogen) atoms. The van der Waals surface area contributed by atoms with E-state index in [2.05, 4.69) is 4.99 Å². The Morgan fingerprint density at radius 1 is 1.33 bits per heavy atom. The Hall–Kier alpha value is -2.57. The molecular formula is C11H10F2N4O. The zero-order valence-electron chi connectivity index (χ0n) is 9.15. The quantitative estimate of drug-likeness (QED) is 0.544. The molecule has 94 valence electrons. The lowest BCUT2D eigenvalue weighted by Crippen LogP contribution is -2.28. The van der Waals surface area contributed by atoms with Crippen LogP contribution in [0, 0.1) is 17.0 Å². The van der Waals surface area contributed by atoms with Crippen LogP contribution in [-0.4, -0.2) is 18.1 Å². The highest BCUT2D eigenvalue weighted by atomic mass is 19.1. The number of hydrogen-bond acceptors (Lipinski definition) is 3. The van der Waals surface area contributed by atoms with E-state index in [4.69, 9.17) is 11.1 Å². The van der Waals surface area contributed by atoms with Gasteiger partial charge in [0.2, 0.25) is 5.96 Å². The minimum atomic E-state index is -0.874. The predicted molar refractivity (Wildman–Crippen MR) is 63.4 cm³/mol. The second kappa shape index (κ2) is 6.24. The highest BCUT2D eigenvalue weighted by Gasteiger charge is 2.10. The molecule has 0 saturated heterocycles. The maximum Gasteiger partial charge on any atom is 0.258 e. The number of aliphatic imine (C=N–C) groups is 1. The number of hydrogen-bond donors (Lipinski definition) is 3. The maximum atomic E-state index is 12.8. The van der Waals surface area contributed by atoms with Gasteiger partial charge in [0.25, 0.3) is 5.91 Å². The lowest BCUT2D eigenvalue weighted by molar-refractivity contribution is 0.0975. The van der Waals surface area contributed by atoms with Crippen LogP contribution in [0.5, 0.6) is 0 Å². The summed E-state index contributed by atoms with van der Waals surface area (Å²) >= 11 is 0. The largest absolute Gasteiger partial charge is 0.405 e. The van der Waals surface area contributed by atoms with Crippen molar-refractivity contribution in [2.75, 3.05) is 0 Å². The van der Waals surface area contributed by atoms with Crippen LogP contribution in [0.3, 0.4) is 0 Å². The molecule has 0 radical (unpaired) electrons. The van der Waals surface area contributed by atoms with E-state index in [9.17, 15) is 13.6 Å². The highest BCUT2D eigenvalue weighted by molar-refractivity contribution is 6.06. The van der Waals surface area contributed by atoms with E-state index in [1.54, 1.807) is 0 Å². The summed E-state index contributed by atoms with van der Waals surface area (Å²) in [4.78, 5) is 15.0. The summed E-state index contributed by atoms with van der Waals surface area (Å²) in [6.45, 7) is 0. The zero-order valence-corrected chi connectivity index (χ0v) is 9.15. The minimum Gasteiger partial charge on any atom is -0.405 e. The molecule has 0 atom stereocenters. The van der Waals surface area contributed by atoms with E-state index < -0.39 is 23.5 Å². The lowest BCUT2D eigenvalue weighted by atomic mass is 10.2. The van der Waals surface area contributed by atoms with Crippen molar-refractivity contribution >= 4 is 18.1 Å². The number of guanidine groups is 1. The van der Waals surface area contributed by atoms with Gasteiger partial charge in [0.1, 0.15) is 11.6 Å². The van der Waals surface area contributed by atoms with Crippen molar-refractivity contribution in [3.05, 3.63) is 47.7 Å². The van der Waals surface area contributed by atoms with E-state index in [1.807, 2.05) is 5.32 Å². The second-order valence-corrected chi connectivity index (χ2v) is 3.12. The summed E-state index contributed by atoms with van der Waals surface area (Å²) in [7, 11) is 0. The van der Waals surface area contributed by atoms with Crippen LogP contribution in [0.25, 0.3) is 0 Å². The van der Waals surface area contributed by atoms with Gasteiger partial charge in [0, 0.05) is 17.8 Å². The lowest BCUT2D eigenvalue weighted by Gasteiger charge is -2.02. The number of nitrogens with zero attached hydrogens (tertiary/aromatic N) is 1. The fourth-order valence-corrected chi connectivity index (χ4v) is 1.06. The fraction of sp³-hybridized carbons (Fsp3) is 0. The molecule has 1 aromatic carbocycles. The summed E-state index contributed by atoms with van der Waals surface area (Å²) < 4.78 is 25.7. The van der Waals surface area contributed by atoms with Crippen LogP contribution in [0.2, 0.25) is 0 Å². The Kier molecular flexibility index (Phi) is 4.67. The summed E-state index contributed by atoms with van der Waals surface area (Å²) in [5.74, 6) is -3.04. The SMILES string of the molecule is N=C(N=CC=CN)NC(=O)c1cc(F)cc(F)c1. The van der Waals surface area contributed by atoms with Crippen molar-refractivity contribution in [1.82, 2.24) is 5.32 Å². The molecule has 5 nitrogen and oxygen atoms in total. The predicted octanol–water partition coefficient (Wildman–Crippen LogP) is 1.17. The van der Waals surface area contributed by atoms with Gasteiger partial charge in [-0.15, -0.1) is 0 Å². The molecule has 0 aliphatic carbocycles. The zero-order chi connectivity index (χ0) is 13.5. The summed E-state index contributed by atoms with van der Waals surface area (Å²) in [6, 6.07) is 2.36. The third-order valence-corrected chi connectivity index (χ3v) is 1.76. The Balaban J connectivity index is 2.73. The van der Waals surface area contributed by atoms with Gasteiger partial charge in [0.15, 0.2) is 0 Å². The molecule has 0 bridgehead atoms. The van der Waals surface area contributed by atoms with Crippen LogP contribution in [0.4, 0.5) is 8.78 Å². The van der Waals surface area contributed by atoms with Gasteiger partial charge in [0.05, 0.1) is 0 Å². The molecule has 4 N–H and O–H groups in total. The number of rotatable bonds is 2. The number of nitrogens with two attached hydrogens (primary N) is 1. The summed E-state index contributed by atoms with van der Waals surface area (Å²) in [6.07, 6.45) is 3.73. The molecule has 0 aromatic heterocycles. The normalized spacial score (nSPS) is 11.0. The van der Waals surface area contributed by atoms with Crippen molar-refractivity contribution < 1.29 is 13.6 Å². The van der Waals surface area contributed by atoms with Gasteiger partial charge in [-0.2, -0.15) is 0 Å².